The number of carbonyl (C=O) groups is 4. The topological polar surface area (TPSA) is 114 Å². The quantitative estimate of drug-likeness (QED) is 0.347. The van der Waals surface area contributed by atoms with E-state index in [1.54, 1.807) is 70.7 Å². The number of thioether (sulfide) groups is 1. The van der Waals surface area contributed by atoms with E-state index in [-0.39, 0.29) is 26.1 Å². The van der Waals surface area contributed by atoms with Crippen LogP contribution >= 0.6 is 11.8 Å². The van der Waals surface area contributed by atoms with Crippen LogP contribution in [-0.2, 0) is 23.9 Å². The lowest BCUT2D eigenvalue weighted by Crippen LogP contribution is -2.53. The van der Waals surface area contributed by atoms with Gasteiger partial charge in [-0.15, -0.1) is 0 Å². The molecule has 1 rings (SSSR count). The molecule has 0 saturated carbocycles. The second-order valence-corrected chi connectivity index (χ2v) is 10.2. The SMILES string of the molecule is C=Cc1cccc(C(C(=O)NCCC(=O)OCC)N(CC)C(=O)C(CCSC)NC(=O)OC(C)(C)C)c1. The third-order valence-corrected chi connectivity index (χ3v) is 5.82. The van der Waals surface area contributed by atoms with Crippen LogP contribution in [0.5, 0.6) is 0 Å². The van der Waals surface area contributed by atoms with E-state index >= 15 is 0 Å². The summed E-state index contributed by atoms with van der Waals surface area (Å²) in [5.41, 5.74) is 0.645. The molecule has 2 atom stereocenters. The van der Waals surface area contributed by atoms with E-state index in [2.05, 4.69) is 17.2 Å². The Balaban J connectivity index is 3.30. The highest BCUT2D eigenvalue weighted by molar-refractivity contribution is 7.98. The van der Waals surface area contributed by atoms with Gasteiger partial charge in [-0.1, -0.05) is 30.9 Å². The number of carbonyl (C=O) groups excluding carboxylic acids is 4. The fourth-order valence-corrected chi connectivity index (χ4v) is 4.03. The molecule has 2 unspecified atom stereocenters. The van der Waals surface area contributed by atoms with Crippen LogP contribution in [0.2, 0.25) is 0 Å². The lowest BCUT2D eigenvalue weighted by atomic mass is 10.00. The Morgan fingerprint density at radius 2 is 1.89 bits per heavy atom. The minimum Gasteiger partial charge on any atom is -0.466 e. The van der Waals surface area contributed by atoms with Crippen molar-refractivity contribution in [1.29, 1.82) is 0 Å². The third kappa shape index (κ3) is 11.3. The van der Waals surface area contributed by atoms with Gasteiger partial charge in [-0.3, -0.25) is 14.4 Å². The van der Waals surface area contributed by atoms with Crippen molar-refractivity contribution in [3.05, 3.63) is 42.0 Å². The van der Waals surface area contributed by atoms with Gasteiger partial charge >= 0.3 is 12.1 Å². The molecule has 206 valence electrons. The Kier molecular flexibility index (Phi) is 13.8. The summed E-state index contributed by atoms with van der Waals surface area (Å²) < 4.78 is 10.3. The summed E-state index contributed by atoms with van der Waals surface area (Å²) in [7, 11) is 0. The molecule has 10 heteroatoms. The summed E-state index contributed by atoms with van der Waals surface area (Å²) in [6.45, 7) is 13.0. The minimum absolute atomic E-state index is 0.00954. The predicted molar refractivity (Wildman–Crippen MR) is 147 cm³/mol. The number of likely N-dealkylation sites (N-methyl/N-ethyl adjacent to an activating group) is 1. The molecule has 0 aliphatic carbocycles. The van der Waals surface area contributed by atoms with Crippen LogP contribution in [0, 0.1) is 0 Å². The predicted octanol–water partition coefficient (Wildman–Crippen LogP) is 3.94. The molecule has 0 aliphatic heterocycles. The lowest BCUT2D eigenvalue weighted by Gasteiger charge is -2.34. The Labute approximate surface area is 224 Å². The van der Waals surface area contributed by atoms with Crippen molar-refractivity contribution in [3.63, 3.8) is 0 Å². The van der Waals surface area contributed by atoms with E-state index < -0.39 is 41.6 Å². The maximum absolute atomic E-state index is 13.8. The van der Waals surface area contributed by atoms with Gasteiger partial charge in [0.1, 0.15) is 17.7 Å². The first kappa shape index (κ1) is 32.0. The number of alkyl carbamates (subject to hydrolysis) is 1. The smallest absolute Gasteiger partial charge is 0.408 e. The van der Waals surface area contributed by atoms with Crippen molar-refractivity contribution in [2.45, 2.75) is 65.1 Å². The molecule has 1 aromatic rings. The van der Waals surface area contributed by atoms with Gasteiger partial charge in [-0.2, -0.15) is 11.8 Å². The highest BCUT2D eigenvalue weighted by atomic mass is 32.2. The second kappa shape index (κ2) is 16.0. The minimum atomic E-state index is -0.989. The number of nitrogens with one attached hydrogen (secondary N) is 2. The summed E-state index contributed by atoms with van der Waals surface area (Å²) in [6, 6.07) is 5.30. The Bertz CT molecular complexity index is 931. The average Bonchev–Trinajstić information content (AvgIpc) is 2.83. The molecule has 0 aliphatic rings. The molecule has 2 N–H and O–H groups in total. The fourth-order valence-electron chi connectivity index (χ4n) is 3.56. The zero-order valence-electron chi connectivity index (χ0n) is 22.8. The standard InChI is InChI=1S/C27H41N3O6S/c1-8-19-12-11-13-20(18-19)23(24(32)28-16-14-22(31)35-10-3)30(9-2)25(33)21(15-17-37-7)29-26(34)36-27(4,5)6/h8,11-13,18,21,23H,1,9-10,14-17H2,2-7H3,(H,28,32)(H,29,34). The van der Waals surface area contributed by atoms with Gasteiger partial charge in [0.05, 0.1) is 13.0 Å². The third-order valence-electron chi connectivity index (χ3n) is 5.18. The molecule has 37 heavy (non-hydrogen) atoms. The van der Waals surface area contributed by atoms with E-state index in [4.69, 9.17) is 9.47 Å². The summed E-state index contributed by atoms with van der Waals surface area (Å²) in [5, 5.41) is 5.44. The molecule has 0 bridgehead atoms. The zero-order chi connectivity index (χ0) is 28.0. The van der Waals surface area contributed by atoms with Crippen LogP contribution in [-0.4, -0.2) is 72.1 Å². The van der Waals surface area contributed by atoms with Crippen LogP contribution in [0.3, 0.4) is 0 Å². The number of hydrogen-bond donors (Lipinski definition) is 2. The Morgan fingerprint density at radius 1 is 1.19 bits per heavy atom. The number of hydrogen-bond acceptors (Lipinski definition) is 7. The van der Waals surface area contributed by atoms with Crippen molar-refractivity contribution >= 4 is 41.7 Å². The Hall–Kier alpha value is -3.01. The number of benzene rings is 1. The highest BCUT2D eigenvalue weighted by Crippen LogP contribution is 2.24. The summed E-state index contributed by atoms with van der Waals surface area (Å²) in [5.74, 6) is -0.653. The number of esters is 1. The van der Waals surface area contributed by atoms with Crippen LogP contribution in [0.15, 0.2) is 30.8 Å². The van der Waals surface area contributed by atoms with Crippen molar-refractivity contribution in [3.8, 4) is 0 Å². The fraction of sp³-hybridized carbons (Fsp3) is 0.556. The Morgan fingerprint density at radius 3 is 2.46 bits per heavy atom. The van der Waals surface area contributed by atoms with Crippen LogP contribution < -0.4 is 10.6 Å². The van der Waals surface area contributed by atoms with Crippen molar-refractivity contribution in [1.82, 2.24) is 15.5 Å². The largest absolute Gasteiger partial charge is 0.466 e. The monoisotopic (exact) mass is 535 g/mol. The van der Waals surface area contributed by atoms with Gasteiger partial charge < -0.3 is 25.0 Å². The van der Waals surface area contributed by atoms with Gasteiger partial charge in [0.15, 0.2) is 0 Å². The van der Waals surface area contributed by atoms with Gasteiger partial charge in [0.2, 0.25) is 11.8 Å². The van der Waals surface area contributed by atoms with Crippen LogP contribution in [0.1, 0.15) is 64.6 Å². The molecule has 0 fully saturated rings. The maximum Gasteiger partial charge on any atom is 0.408 e. The first-order valence-corrected chi connectivity index (χ1v) is 13.8. The van der Waals surface area contributed by atoms with Crippen molar-refractivity contribution in [2.24, 2.45) is 0 Å². The maximum atomic E-state index is 13.8. The first-order valence-electron chi connectivity index (χ1n) is 12.4. The molecule has 0 saturated heterocycles. The summed E-state index contributed by atoms with van der Waals surface area (Å²) in [4.78, 5) is 52.9. The van der Waals surface area contributed by atoms with Gasteiger partial charge in [0, 0.05) is 13.1 Å². The van der Waals surface area contributed by atoms with E-state index in [0.29, 0.717) is 17.7 Å². The van der Waals surface area contributed by atoms with E-state index in [1.165, 1.54) is 4.90 Å². The molecular weight excluding hydrogens is 494 g/mol. The van der Waals surface area contributed by atoms with Crippen LogP contribution in [0.25, 0.3) is 6.08 Å². The van der Waals surface area contributed by atoms with E-state index in [9.17, 15) is 19.2 Å². The van der Waals surface area contributed by atoms with Crippen LogP contribution in [0.4, 0.5) is 4.79 Å². The lowest BCUT2D eigenvalue weighted by molar-refractivity contribution is -0.144. The number of ether oxygens (including phenoxy) is 2. The molecule has 0 aromatic heterocycles. The van der Waals surface area contributed by atoms with Gasteiger partial charge in [-0.25, -0.2) is 4.79 Å². The summed E-state index contributed by atoms with van der Waals surface area (Å²) >= 11 is 1.54. The molecule has 9 nitrogen and oxygen atoms in total. The normalized spacial score (nSPS) is 12.6. The highest BCUT2D eigenvalue weighted by Gasteiger charge is 2.35. The zero-order valence-corrected chi connectivity index (χ0v) is 23.6. The summed E-state index contributed by atoms with van der Waals surface area (Å²) in [6.07, 6.45) is 3.23. The van der Waals surface area contributed by atoms with Crippen molar-refractivity contribution < 1.29 is 28.7 Å². The van der Waals surface area contributed by atoms with Crippen molar-refractivity contribution in [2.75, 3.05) is 31.7 Å². The second-order valence-electron chi connectivity index (χ2n) is 9.23. The van der Waals surface area contributed by atoms with Gasteiger partial charge in [0.25, 0.3) is 0 Å². The molecular formula is C27H41N3O6S. The van der Waals surface area contributed by atoms with E-state index in [0.717, 1.165) is 5.56 Å². The number of amides is 3. The average molecular weight is 536 g/mol. The van der Waals surface area contributed by atoms with E-state index in [1.807, 2.05) is 12.3 Å². The molecule has 0 heterocycles. The number of nitrogens with zero attached hydrogens (tertiary/aromatic N) is 1. The molecule has 0 radical (unpaired) electrons. The first-order chi connectivity index (χ1) is 17.5. The number of rotatable bonds is 14. The molecule has 3 amide bonds. The molecule has 0 spiro atoms. The molecule has 1 aromatic carbocycles. The van der Waals surface area contributed by atoms with Gasteiger partial charge in [-0.05, 0) is 70.2 Å².